The minimum Gasteiger partial charge on any atom is -0.459 e. The molecule has 3 aromatic rings. The van der Waals surface area contributed by atoms with Crippen molar-refractivity contribution in [1.82, 2.24) is 15.2 Å². The highest BCUT2D eigenvalue weighted by molar-refractivity contribution is 7.14. The van der Waals surface area contributed by atoms with Gasteiger partial charge >= 0.3 is 0 Å². The highest BCUT2D eigenvalue weighted by Crippen LogP contribution is 2.27. The monoisotopic (exact) mass is 460 g/mol. The molecule has 1 atom stereocenters. The van der Waals surface area contributed by atoms with E-state index in [-0.39, 0.29) is 30.0 Å². The summed E-state index contributed by atoms with van der Waals surface area (Å²) in [5.41, 5.74) is 1.58. The van der Waals surface area contributed by atoms with Crippen LogP contribution in [-0.2, 0) is 11.2 Å². The number of likely N-dealkylation sites (N-methyl/N-ethyl adjacent to an activating group) is 1. The van der Waals surface area contributed by atoms with Crippen LogP contribution in [0.5, 0.6) is 0 Å². The first-order valence-electron chi connectivity index (χ1n) is 10.1. The second-order valence-electron chi connectivity index (χ2n) is 6.81. The average molecular weight is 461 g/mol. The molecule has 0 bridgehead atoms. The summed E-state index contributed by atoms with van der Waals surface area (Å²) in [7, 11) is 0. The third kappa shape index (κ3) is 6.16. The van der Waals surface area contributed by atoms with E-state index in [1.54, 1.807) is 17.5 Å². The third-order valence-electron chi connectivity index (χ3n) is 4.87. The Bertz CT molecular complexity index is 1000. The number of nitrogens with one attached hydrogen (secondary N) is 2. The van der Waals surface area contributed by atoms with Crippen LogP contribution in [-0.4, -0.2) is 41.3 Å². The van der Waals surface area contributed by atoms with E-state index in [4.69, 9.17) is 16.0 Å². The highest BCUT2D eigenvalue weighted by Gasteiger charge is 2.21. The van der Waals surface area contributed by atoms with E-state index >= 15 is 0 Å². The number of anilines is 1. The van der Waals surface area contributed by atoms with E-state index in [1.165, 1.54) is 17.6 Å². The number of amides is 2. The SMILES string of the molecule is CCN(CC)C(CNC(=O)Cc1csc(NC(=O)c2ccco2)n1)c1ccccc1Cl. The molecule has 0 aliphatic heterocycles. The van der Waals surface area contributed by atoms with Gasteiger partial charge in [-0.3, -0.25) is 19.8 Å². The van der Waals surface area contributed by atoms with Crippen molar-refractivity contribution in [3.63, 3.8) is 0 Å². The van der Waals surface area contributed by atoms with E-state index in [2.05, 4.69) is 34.4 Å². The molecule has 31 heavy (non-hydrogen) atoms. The first-order valence-corrected chi connectivity index (χ1v) is 11.3. The maximum absolute atomic E-state index is 12.6. The van der Waals surface area contributed by atoms with Gasteiger partial charge < -0.3 is 9.73 Å². The lowest BCUT2D eigenvalue weighted by Gasteiger charge is -2.30. The predicted octanol–water partition coefficient (Wildman–Crippen LogP) is 4.38. The topological polar surface area (TPSA) is 87.5 Å². The number of thiazole rings is 1. The molecule has 0 fully saturated rings. The number of aromatic nitrogens is 1. The van der Waals surface area contributed by atoms with Crippen LogP contribution < -0.4 is 10.6 Å². The Morgan fingerprint density at radius 2 is 1.97 bits per heavy atom. The Kier molecular flexibility index (Phi) is 8.22. The molecule has 2 N–H and O–H groups in total. The van der Waals surface area contributed by atoms with Crippen LogP contribution in [0.25, 0.3) is 0 Å². The second-order valence-corrected chi connectivity index (χ2v) is 8.08. The minimum absolute atomic E-state index is 0.0220. The number of rotatable bonds is 10. The molecule has 9 heteroatoms. The molecule has 2 heterocycles. The Balaban J connectivity index is 1.58. The zero-order chi connectivity index (χ0) is 22.2. The van der Waals surface area contributed by atoms with Crippen molar-refractivity contribution < 1.29 is 14.0 Å². The van der Waals surface area contributed by atoms with Gasteiger partial charge in [0.2, 0.25) is 5.91 Å². The minimum atomic E-state index is -0.378. The predicted molar refractivity (Wildman–Crippen MR) is 123 cm³/mol. The number of furan rings is 1. The second kappa shape index (κ2) is 11.1. The number of hydrogen-bond acceptors (Lipinski definition) is 6. The van der Waals surface area contributed by atoms with Gasteiger partial charge in [0.15, 0.2) is 10.9 Å². The van der Waals surface area contributed by atoms with Crippen LogP contribution >= 0.6 is 22.9 Å². The summed E-state index contributed by atoms with van der Waals surface area (Å²) in [4.78, 5) is 31.2. The van der Waals surface area contributed by atoms with Crippen LogP contribution in [0.3, 0.4) is 0 Å². The average Bonchev–Trinajstić information content (AvgIpc) is 3.44. The Morgan fingerprint density at radius 1 is 1.19 bits per heavy atom. The number of nitrogens with zero attached hydrogens (tertiary/aromatic N) is 2. The summed E-state index contributed by atoms with van der Waals surface area (Å²) in [6.45, 7) is 6.29. The summed E-state index contributed by atoms with van der Waals surface area (Å²) < 4.78 is 5.06. The molecule has 0 saturated carbocycles. The lowest BCUT2D eigenvalue weighted by Crippen LogP contribution is -2.38. The van der Waals surface area contributed by atoms with Crippen LogP contribution in [0.15, 0.2) is 52.5 Å². The molecule has 2 amide bonds. The summed E-state index contributed by atoms with van der Waals surface area (Å²) >= 11 is 7.68. The van der Waals surface area contributed by atoms with E-state index in [9.17, 15) is 9.59 Å². The standard InChI is InChI=1S/C22H25ClN4O3S/c1-3-27(4-2)18(16-8-5-6-9-17(16)23)13-24-20(28)12-15-14-31-22(25-15)26-21(29)19-10-7-11-30-19/h5-11,14,18H,3-4,12-13H2,1-2H3,(H,24,28)(H,25,26,29). The normalized spacial score (nSPS) is 12.0. The first-order chi connectivity index (χ1) is 15.0. The zero-order valence-corrected chi connectivity index (χ0v) is 19.0. The third-order valence-corrected chi connectivity index (χ3v) is 6.02. The lowest BCUT2D eigenvalue weighted by molar-refractivity contribution is -0.120. The quantitative estimate of drug-likeness (QED) is 0.468. The van der Waals surface area contributed by atoms with Crippen molar-refractivity contribution in [3.05, 3.63) is 70.1 Å². The summed E-state index contributed by atoms with van der Waals surface area (Å²) in [5.74, 6) is -0.313. The number of hydrogen-bond donors (Lipinski definition) is 2. The van der Waals surface area contributed by atoms with E-state index in [0.717, 1.165) is 18.7 Å². The fourth-order valence-corrected chi connectivity index (χ4v) is 4.26. The van der Waals surface area contributed by atoms with Gasteiger partial charge in [-0.1, -0.05) is 43.6 Å². The largest absolute Gasteiger partial charge is 0.459 e. The van der Waals surface area contributed by atoms with Crippen LogP contribution in [0, 0.1) is 0 Å². The molecule has 1 unspecified atom stereocenters. The van der Waals surface area contributed by atoms with E-state index < -0.39 is 0 Å². The van der Waals surface area contributed by atoms with Crippen molar-refractivity contribution in [1.29, 1.82) is 0 Å². The highest BCUT2D eigenvalue weighted by atomic mass is 35.5. The maximum Gasteiger partial charge on any atom is 0.293 e. The fourth-order valence-electron chi connectivity index (χ4n) is 3.30. The molecular weight excluding hydrogens is 436 g/mol. The Morgan fingerprint density at radius 3 is 2.65 bits per heavy atom. The number of carbonyl (C=O) groups is 2. The van der Waals surface area contributed by atoms with Crippen molar-refractivity contribution >= 4 is 39.9 Å². The molecule has 1 aromatic carbocycles. The molecule has 2 aromatic heterocycles. The molecule has 3 rings (SSSR count). The Labute approximate surface area is 190 Å². The fraction of sp³-hybridized carbons (Fsp3) is 0.318. The summed E-state index contributed by atoms with van der Waals surface area (Å²) in [6, 6.07) is 10.9. The van der Waals surface area contributed by atoms with Gasteiger partial charge in [-0.15, -0.1) is 11.3 Å². The van der Waals surface area contributed by atoms with Crippen molar-refractivity contribution in [2.45, 2.75) is 26.3 Å². The Hall–Kier alpha value is -2.68. The molecular formula is C22H25ClN4O3S. The molecule has 0 radical (unpaired) electrons. The number of halogens is 1. The van der Waals surface area contributed by atoms with Gasteiger partial charge in [0.1, 0.15) is 0 Å². The molecule has 0 spiro atoms. The van der Waals surface area contributed by atoms with Gasteiger partial charge in [0.05, 0.1) is 24.4 Å². The molecule has 0 saturated heterocycles. The van der Waals surface area contributed by atoms with Gasteiger partial charge in [-0.25, -0.2) is 4.98 Å². The number of carbonyl (C=O) groups excluding carboxylic acids is 2. The number of benzene rings is 1. The van der Waals surface area contributed by atoms with Gasteiger partial charge in [-0.2, -0.15) is 0 Å². The first kappa shape index (κ1) is 23.0. The maximum atomic E-state index is 12.6. The zero-order valence-electron chi connectivity index (χ0n) is 17.4. The van der Waals surface area contributed by atoms with E-state index in [0.29, 0.717) is 22.4 Å². The van der Waals surface area contributed by atoms with Gasteiger partial charge in [0.25, 0.3) is 5.91 Å². The van der Waals surface area contributed by atoms with Crippen LogP contribution in [0.4, 0.5) is 5.13 Å². The van der Waals surface area contributed by atoms with Gasteiger partial charge in [0, 0.05) is 16.9 Å². The molecule has 7 nitrogen and oxygen atoms in total. The summed E-state index contributed by atoms with van der Waals surface area (Å²) in [5, 5.41) is 8.53. The molecule has 164 valence electrons. The smallest absolute Gasteiger partial charge is 0.293 e. The molecule has 0 aliphatic carbocycles. The van der Waals surface area contributed by atoms with E-state index in [1.807, 2.05) is 24.3 Å². The van der Waals surface area contributed by atoms with Crippen LogP contribution in [0.2, 0.25) is 5.02 Å². The van der Waals surface area contributed by atoms with Crippen LogP contribution in [0.1, 0.15) is 41.7 Å². The van der Waals surface area contributed by atoms with Crippen molar-refractivity contribution in [2.75, 3.05) is 25.0 Å². The lowest BCUT2D eigenvalue weighted by atomic mass is 10.0. The summed E-state index contributed by atoms with van der Waals surface area (Å²) in [6.07, 6.45) is 1.56. The van der Waals surface area contributed by atoms with Gasteiger partial charge in [-0.05, 0) is 36.9 Å². The molecule has 0 aliphatic rings. The van der Waals surface area contributed by atoms with Crippen molar-refractivity contribution in [3.8, 4) is 0 Å². The van der Waals surface area contributed by atoms with Crippen molar-refractivity contribution in [2.24, 2.45) is 0 Å².